The van der Waals surface area contributed by atoms with E-state index >= 15 is 0 Å². The molecule has 108 valence electrons. The van der Waals surface area contributed by atoms with Crippen LogP contribution in [0.25, 0.3) is 0 Å². The number of hydrogen-bond donors (Lipinski definition) is 0. The Balaban J connectivity index is 1.91. The lowest BCUT2D eigenvalue weighted by atomic mass is 10.0. The normalized spacial score (nSPS) is 27.9. The maximum absolute atomic E-state index is 12.7. The molecule has 2 aliphatic rings. The molecule has 2 saturated heterocycles. The van der Waals surface area contributed by atoms with E-state index < -0.39 is 6.04 Å². The highest BCUT2D eigenvalue weighted by atomic mass is 35.5. The highest BCUT2D eigenvalue weighted by Gasteiger charge is 2.47. The molecule has 0 N–H and O–H groups in total. The average Bonchev–Trinajstić information content (AvgIpc) is 3.05. The Morgan fingerprint density at radius 2 is 2.10 bits per heavy atom. The zero-order chi connectivity index (χ0) is 14.4. The number of nitrogens with zero attached hydrogens (tertiary/aromatic N) is 2. The molecule has 4 nitrogen and oxygen atoms in total. The molecule has 0 aliphatic carbocycles. The van der Waals surface area contributed by atoms with Gasteiger partial charge in [-0.1, -0.05) is 11.6 Å². The van der Waals surface area contributed by atoms with Crippen LogP contribution < -0.4 is 0 Å². The standard InChI is InChI=1S/C14H17ClN2O2S/c1-8(11-5-6-12(15)20-11)17-9(2)13(18)16-7-3-4-10(16)14(17)19/h5-6,8-10H,3-4,7H2,1-2H3. The third kappa shape index (κ3) is 2.04. The zero-order valence-corrected chi connectivity index (χ0v) is 13.1. The molecule has 20 heavy (non-hydrogen) atoms. The lowest BCUT2D eigenvalue weighted by molar-refractivity contribution is -0.161. The number of carbonyl (C=O) groups excluding carboxylic acids is 2. The zero-order valence-electron chi connectivity index (χ0n) is 11.5. The second kappa shape index (κ2) is 5.04. The van der Waals surface area contributed by atoms with E-state index in [9.17, 15) is 9.59 Å². The summed E-state index contributed by atoms with van der Waals surface area (Å²) in [6.07, 6.45) is 1.70. The van der Waals surface area contributed by atoms with Crippen molar-refractivity contribution < 1.29 is 9.59 Å². The molecule has 1 aromatic heterocycles. The van der Waals surface area contributed by atoms with Crippen molar-refractivity contribution in [3.63, 3.8) is 0 Å². The van der Waals surface area contributed by atoms with Crippen LogP contribution in [0, 0.1) is 0 Å². The maximum atomic E-state index is 12.7. The molecule has 0 bridgehead atoms. The number of piperazine rings is 1. The van der Waals surface area contributed by atoms with Gasteiger partial charge < -0.3 is 9.80 Å². The molecule has 2 aliphatic heterocycles. The van der Waals surface area contributed by atoms with Crippen LogP contribution in [0.4, 0.5) is 0 Å². The van der Waals surface area contributed by atoms with Crippen LogP contribution in [0.2, 0.25) is 4.34 Å². The summed E-state index contributed by atoms with van der Waals surface area (Å²) in [5, 5.41) is 0. The van der Waals surface area contributed by atoms with Crippen molar-refractivity contribution in [1.82, 2.24) is 9.80 Å². The molecule has 0 radical (unpaired) electrons. The Morgan fingerprint density at radius 1 is 1.35 bits per heavy atom. The second-order valence-electron chi connectivity index (χ2n) is 5.43. The van der Waals surface area contributed by atoms with Gasteiger partial charge in [0.15, 0.2) is 0 Å². The molecule has 2 fully saturated rings. The van der Waals surface area contributed by atoms with Crippen molar-refractivity contribution in [2.45, 2.75) is 44.8 Å². The van der Waals surface area contributed by atoms with Gasteiger partial charge >= 0.3 is 0 Å². The van der Waals surface area contributed by atoms with Gasteiger partial charge in [0.25, 0.3) is 0 Å². The Morgan fingerprint density at radius 3 is 2.75 bits per heavy atom. The number of amides is 2. The molecule has 6 heteroatoms. The summed E-state index contributed by atoms with van der Waals surface area (Å²) in [5.41, 5.74) is 0. The molecule has 0 saturated carbocycles. The highest BCUT2D eigenvalue weighted by Crippen LogP contribution is 2.36. The SMILES string of the molecule is CC1C(=O)N2CCCC2C(=O)N1C(C)c1ccc(Cl)s1. The van der Waals surface area contributed by atoms with E-state index in [4.69, 9.17) is 11.6 Å². The van der Waals surface area contributed by atoms with Crippen molar-refractivity contribution in [2.24, 2.45) is 0 Å². The molecule has 2 amide bonds. The Labute approximate surface area is 127 Å². The van der Waals surface area contributed by atoms with Crippen LogP contribution in [-0.4, -0.2) is 40.2 Å². The van der Waals surface area contributed by atoms with Crippen molar-refractivity contribution in [2.75, 3.05) is 6.54 Å². The second-order valence-corrected chi connectivity index (χ2v) is 7.18. The fraction of sp³-hybridized carbons (Fsp3) is 0.571. The average molecular weight is 313 g/mol. The monoisotopic (exact) mass is 312 g/mol. The summed E-state index contributed by atoms with van der Waals surface area (Å²) >= 11 is 7.44. The van der Waals surface area contributed by atoms with Crippen molar-refractivity contribution in [3.05, 3.63) is 21.3 Å². The van der Waals surface area contributed by atoms with Crippen molar-refractivity contribution in [3.8, 4) is 0 Å². The van der Waals surface area contributed by atoms with Crippen LogP contribution >= 0.6 is 22.9 Å². The lowest BCUT2D eigenvalue weighted by Crippen LogP contribution is -2.62. The summed E-state index contributed by atoms with van der Waals surface area (Å²) in [7, 11) is 0. The van der Waals surface area contributed by atoms with Crippen molar-refractivity contribution in [1.29, 1.82) is 0 Å². The Hall–Kier alpha value is -1.07. The maximum Gasteiger partial charge on any atom is 0.246 e. The van der Waals surface area contributed by atoms with Gasteiger partial charge in [0.2, 0.25) is 11.8 Å². The van der Waals surface area contributed by atoms with E-state index in [1.165, 1.54) is 11.3 Å². The summed E-state index contributed by atoms with van der Waals surface area (Å²) < 4.78 is 0.706. The third-order valence-electron chi connectivity index (χ3n) is 4.27. The van der Waals surface area contributed by atoms with E-state index in [2.05, 4.69) is 0 Å². The molecule has 0 aromatic carbocycles. The predicted molar refractivity (Wildman–Crippen MR) is 78.8 cm³/mol. The fourth-order valence-electron chi connectivity index (χ4n) is 3.23. The molecule has 3 rings (SSSR count). The molecular weight excluding hydrogens is 296 g/mol. The van der Waals surface area contributed by atoms with Gasteiger partial charge in [-0.05, 0) is 38.8 Å². The Bertz CT molecular complexity index is 559. The van der Waals surface area contributed by atoms with Gasteiger partial charge in [-0.2, -0.15) is 0 Å². The van der Waals surface area contributed by atoms with Gasteiger partial charge in [-0.15, -0.1) is 11.3 Å². The van der Waals surface area contributed by atoms with Crippen LogP contribution in [0.3, 0.4) is 0 Å². The number of hydrogen-bond acceptors (Lipinski definition) is 3. The summed E-state index contributed by atoms with van der Waals surface area (Å²) in [5.74, 6) is 0.147. The van der Waals surface area contributed by atoms with Crippen LogP contribution in [-0.2, 0) is 9.59 Å². The highest BCUT2D eigenvalue weighted by molar-refractivity contribution is 7.16. The molecule has 3 unspecified atom stereocenters. The van der Waals surface area contributed by atoms with E-state index in [1.54, 1.807) is 9.80 Å². The topological polar surface area (TPSA) is 40.6 Å². The van der Waals surface area contributed by atoms with Gasteiger partial charge in [0.1, 0.15) is 12.1 Å². The van der Waals surface area contributed by atoms with E-state index in [0.717, 1.165) is 17.7 Å². The lowest BCUT2D eigenvalue weighted by Gasteiger charge is -2.43. The quantitative estimate of drug-likeness (QED) is 0.842. The first-order valence-corrected chi connectivity index (χ1v) is 8.08. The molecule has 1 aromatic rings. The first-order valence-electron chi connectivity index (χ1n) is 6.88. The minimum Gasteiger partial charge on any atom is -0.329 e. The third-order valence-corrected chi connectivity index (χ3v) is 5.67. The van der Waals surface area contributed by atoms with Gasteiger partial charge in [-0.25, -0.2) is 0 Å². The fourth-order valence-corrected chi connectivity index (χ4v) is 4.34. The smallest absolute Gasteiger partial charge is 0.246 e. The van der Waals surface area contributed by atoms with E-state index in [1.807, 2.05) is 26.0 Å². The first kappa shape index (κ1) is 13.9. The number of carbonyl (C=O) groups is 2. The van der Waals surface area contributed by atoms with Gasteiger partial charge in [-0.3, -0.25) is 9.59 Å². The summed E-state index contributed by atoms with van der Waals surface area (Å²) in [6, 6.07) is 3.01. The minimum absolute atomic E-state index is 0.0709. The van der Waals surface area contributed by atoms with Crippen LogP contribution in [0.5, 0.6) is 0 Å². The van der Waals surface area contributed by atoms with Gasteiger partial charge in [0.05, 0.1) is 10.4 Å². The van der Waals surface area contributed by atoms with Crippen LogP contribution in [0.1, 0.15) is 37.6 Å². The van der Waals surface area contributed by atoms with E-state index in [-0.39, 0.29) is 23.9 Å². The summed E-state index contributed by atoms with van der Waals surface area (Å²) in [6.45, 7) is 4.50. The Kier molecular flexibility index (Phi) is 3.50. The first-order chi connectivity index (χ1) is 9.50. The molecule has 0 spiro atoms. The minimum atomic E-state index is -0.396. The largest absolute Gasteiger partial charge is 0.329 e. The molecule has 3 atom stereocenters. The predicted octanol–water partition coefficient (Wildman–Crippen LogP) is 2.68. The van der Waals surface area contributed by atoms with Crippen molar-refractivity contribution >= 4 is 34.8 Å². The van der Waals surface area contributed by atoms with Gasteiger partial charge in [0, 0.05) is 11.4 Å². The number of thiophene rings is 1. The molecular formula is C14H17ClN2O2S. The summed E-state index contributed by atoms with van der Waals surface area (Å²) in [4.78, 5) is 29.6. The molecule has 3 heterocycles. The number of fused-ring (bicyclic) bond motifs is 1. The number of rotatable bonds is 2. The van der Waals surface area contributed by atoms with E-state index in [0.29, 0.717) is 10.9 Å². The van der Waals surface area contributed by atoms with Crippen LogP contribution in [0.15, 0.2) is 12.1 Å². The number of halogens is 1.